The third-order valence-corrected chi connectivity index (χ3v) is 2.93. The molecular weight excluding hydrogens is 172 g/mol. The maximum atomic E-state index is 3.66. The molecule has 1 unspecified atom stereocenters. The molecule has 1 N–H and O–H groups in total. The molecule has 2 heteroatoms. The highest BCUT2D eigenvalue weighted by Gasteiger charge is 2.16. The fourth-order valence-electron chi connectivity index (χ4n) is 2.33. The first kappa shape index (κ1) is 12.0. The molecule has 0 aromatic carbocycles. The lowest BCUT2D eigenvalue weighted by Crippen LogP contribution is -2.35. The van der Waals surface area contributed by atoms with Gasteiger partial charge in [-0.1, -0.05) is 20.8 Å². The second-order valence-electron chi connectivity index (χ2n) is 4.79. The largest absolute Gasteiger partial charge is 0.312 e. The van der Waals surface area contributed by atoms with E-state index < -0.39 is 0 Å². The van der Waals surface area contributed by atoms with Crippen LogP contribution in [0, 0.1) is 0 Å². The first-order chi connectivity index (χ1) is 6.72. The molecular formula is C12H26N2. The van der Waals surface area contributed by atoms with Crippen molar-refractivity contribution in [3.05, 3.63) is 0 Å². The van der Waals surface area contributed by atoms with Gasteiger partial charge in [0.1, 0.15) is 0 Å². The first-order valence-electron chi connectivity index (χ1n) is 6.20. The van der Waals surface area contributed by atoms with Crippen molar-refractivity contribution in [1.29, 1.82) is 0 Å². The van der Waals surface area contributed by atoms with E-state index in [1.165, 1.54) is 45.3 Å². The van der Waals surface area contributed by atoms with Gasteiger partial charge in [0.25, 0.3) is 0 Å². The zero-order valence-corrected chi connectivity index (χ0v) is 10.1. The molecule has 1 heterocycles. The zero-order valence-electron chi connectivity index (χ0n) is 10.1. The summed E-state index contributed by atoms with van der Waals surface area (Å²) in [6.45, 7) is 10.6. The third-order valence-electron chi connectivity index (χ3n) is 2.93. The van der Waals surface area contributed by atoms with E-state index in [2.05, 4.69) is 31.0 Å². The Bertz CT molecular complexity index is 145. The monoisotopic (exact) mass is 198 g/mol. The minimum Gasteiger partial charge on any atom is -0.312 e. The maximum absolute atomic E-state index is 3.66. The Kier molecular flexibility index (Phi) is 5.49. The molecule has 0 saturated carbocycles. The van der Waals surface area contributed by atoms with Crippen LogP contribution in [-0.4, -0.2) is 36.6 Å². The summed E-state index contributed by atoms with van der Waals surface area (Å²) in [5.74, 6) is 0. The summed E-state index contributed by atoms with van der Waals surface area (Å²) >= 11 is 0. The molecule has 1 atom stereocenters. The SMILES string of the molecule is CCCN1CCCC(NC(C)C)CC1. The van der Waals surface area contributed by atoms with Crippen molar-refractivity contribution < 1.29 is 0 Å². The van der Waals surface area contributed by atoms with Crippen molar-refractivity contribution in [2.24, 2.45) is 0 Å². The van der Waals surface area contributed by atoms with Crippen LogP contribution in [0.15, 0.2) is 0 Å². The van der Waals surface area contributed by atoms with Crippen molar-refractivity contribution in [1.82, 2.24) is 10.2 Å². The molecule has 1 fully saturated rings. The van der Waals surface area contributed by atoms with Crippen molar-refractivity contribution in [2.75, 3.05) is 19.6 Å². The fraction of sp³-hybridized carbons (Fsp3) is 1.00. The van der Waals surface area contributed by atoms with Crippen LogP contribution in [0.25, 0.3) is 0 Å². The number of nitrogens with one attached hydrogen (secondary N) is 1. The van der Waals surface area contributed by atoms with Gasteiger partial charge in [-0.3, -0.25) is 0 Å². The van der Waals surface area contributed by atoms with E-state index in [9.17, 15) is 0 Å². The Morgan fingerprint density at radius 2 is 2.07 bits per heavy atom. The topological polar surface area (TPSA) is 15.3 Å². The normalized spacial score (nSPS) is 25.3. The quantitative estimate of drug-likeness (QED) is 0.745. The Hall–Kier alpha value is -0.0800. The van der Waals surface area contributed by atoms with E-state index in [-0.39, 0.29) is 0 Å². The van der Waals surface area contributed by atoms with Gasteiger partial charge < -0.3 is 10.2 Å². The number of hydrogen-bond acceptors (Lipinski definition) is 2. The van der Waals surface area contributed by atoms with Gasteiger partial charge >= 0.3 is 0 Å². The lowest BCUT2D eigenvalue weighted by atomic mass is 10.1. The lowest BCUT2D eigenvalue weighted by Gasteiger charge is -2.20. The summed E-state index contributed by atoms with van der Waals surface area (Å²) in [6.07, 6.45) is 5.35. The molecule has 0 amide bonds. The first-order valence-corrected chi connectivity index (χ1v) is 6.20. The highest BCUT2D eigenvalue weighted by atomic mass is 15.1. The number of hydrogen-bond donors (Lipinski definition) is 1. The molecule has 0 spiro atoms. The molecule has 1 aliphatic rings. The smallest absolute Gasteiger partial charge is 0.00820 e. The van der Waals surface area contributed by atoms with E-state index in [1.54, 1.807) is 0 Å². The van der Waals surface area contributed by atoms with Crippen LogP contribution in [0.2, 0.25) is 0 Å². The maximum Gasteiger partial charge on any atom is 0.00820 e. The average Bonchev–Trinajstić information content (AvgIpc) is 2.31. The van der Waals surface area contributed by atoms with E-state index >= 15 is 0 Å². The number of rotatable bonds is 4. The summed E-state index contributed by atoms with van der Waals surface area (Å²) < 4.78 is 0. The van der Waals surface area contributed by atoms with Gasteiger partial charge in [0.15, 0.2) is 0 Å². The van der Waals surface area contributed by atoms with Crippen molar-refractivity contribution in [2.45, 2.75) is 58.5 Å². The molecule has 0 aromatic rings. The van der Waals surface area contributed by atoms with E-state index in [0.29, 0.717) is 6.04 Å². The molecule has 1 aliphatic heterocycles. The van der Waals surface area contributed by atoms with Gasteiger partial charge in [0.05, 0.1) is 0 Å². The third kappa shape index (κ3) is 4.43. The number of likely N-dealkylation sites (tertiary alicyclic amines) is 1. The molecule has 14 heavy (non-hydrogen) atoms. The minimum atomic E-state index is 0.637. The average molecular weight is 198 g/mol. The van der Waals surface area contributed by atoms with E-state index in [0.717, 1.165) is 6.04 Å². The van der Waals surface area contributed by atoms with Crippen LogP contribution in [0.1, 0.15) is 46.5 Å². The van der Waals surface area contributed by atoms with Crippen LogP contribution in [0.5, 0.6) is 0 Å². The van der Waals surface area contributed by atoms with Gasteiger partial charge in [-0.25, -0.2) is 0 Å². The highest BCUT2D eigenvalue weighted by Crippen LogP contribution is 2.11. The Balaban J connectivity index is 2.25. The molecule has 1 rings (SSSR count). The van der Waals surface area contributed by atoms with Gasteiger partial charge in [-0.05, 0) is 45.3 Å². The molecule has 84 valence electrons. The summed E-state index contributed by atoms with van der Waals surface area (Å²) in [5, 5.41) is 3.66. The standard InChI is InChI=1S/C12H26N2/c1-4-8-14-9-5-6-12(7-10-14)13-11(2)3/h11-13H,4-10H2,1-3H3. The molecule has 0 bridgehead atoms. The minimum absolute atomic E-state index is 0.637. The lowest BCUT2D eigenvalue weighted by molar-refractivity contribution is 0.282. The molecule has 0 aliphatic carbocycles. The predicted molar refractivity (Wildman–Crippen MR) is 62.6 cm³/mol. The second kappa shape index (κ2) is 6.41. The predicted octanol–water partition coefficient (Wildman–Crippen LogP) is 2.25. The van der Waals surface area contributed by atoms with Crippen LogP contribution >= 0.6 is 0 Å². The Labute approximate surface area is 89.1 Å². The fourth-order valence-corrected chi connectivity index (χ4v) is 2.33. The Morgan fingerprint density at radius 3 is 2.71 bits per heavy atom. The second-order valence-corrected chi connectivity index (χ2v) is 4.79. The Morgan fingerprint density at radius 1 is 1.29 bits per heavy atom. The summed E-state index contributed by atoms with van der Waals surface area (Å²) in [6, 6.07) is 1.40. The van der Waals surface area contributed by atoms with Crippen LogP contribution in [0.4, 0.5) is 0 Å². The van der Waals surface area contributed by atoms with Gasteiger partial charge in [-0.15, -0.1) is 0 Å². The number of nitrogens with zero attached hydrogens (tertiary/aromatic N) is 1. The zero-order chi connectivity index (χ0) is 10.4. The van der Waals surface area contributed by atoms with Crippen LogP contribution < -0.4 is 5.32 Å². The molecule has 0 radical (unpaired) electrons. The molecule has 1 saturated heterocycles. The summed E-state index contributed by atoms with van der Waals surface area (Å²) in [7, 11) is 0. The van der Waals surface area contributed by atoms with Crippen molar-refractivity contribution in [3.63, 3.8) is 0 Å². The molecule has 0 aromatic heterocycles. The van der Waals surface area contributed by atoms with Crippen molar-refractivity contribution >= 4 is 0 Å². The molecule has 2 nitrogen and oxygen atoms in total. The van der Waals surface area contributed by atoms with Gasteiger partial charge in [0.2, 0.25) is 0 Å². The van der Waals surface area contributed by atoms with E-state index in [1.807, 2.05) is 0 Å². The highest BCUT2D eigenvalue weighted by molar-refractivity contribution is 4.75. The van der Waals surface area contributed by atoms with Crippen molar-refractivity contribution in [3.8, 4) is 0 Å². The van der Waals surface area contributed by atoms with Crippen LogP contribution in [-0.2, 0) is 0 Å². The summed E-state index contributed by atoms with van der Waals surface area (Å²) in [4.78, 5) is 2.61. The van der Waals surface area contributed by atoms with Crippen LogP contribution in [0.3, 0.4) is 0 Å². The van der Waals surface area contributed by atoms with Gasteiger partial charge in [0, 0.05) is 12.1 Å². The van der Waals surface area contributed by atoms with Gasteiger partial charge in [-0.2, -0.15) is 0 Å². The summed E-state index contributed by atoms with van der Waals surface area (Å²) in [5.41, 5.74) is 0. The van der Waals surface area contributed by atoms with E-state index in [4.69, 9.17) is 0 Å².